The van der Waals surface area contributed by atoms with Crippen molar-refractivity contribution in [2.75, 3.05) is 13.2 Å². The first kappa shape index (κ1) is 22.0. The van der Waals surface area contributed by atoms with Crippen molar-refractivity contribution in [1.82, 2.24) is 0 Å². The van der Waals surface area contributed by atoms with Crippen molar-refractivity contribution in [2.24, 2.45) is 0 Å². The van der Waals surface area contributed by atoms with E-state index >= 15 is 0 Å². The van der Waals surface area contributed by atoms with E-state index in [-0.39, 0.29) is 23.8 Å². The number of rotatable bonds is 4. The Morgan fingerprint density at radius 1 is 0.889 bits per heavy atom. The fourth-order valence-electron chi connectivity index (χ4n) is 5.30. The minimum Gasteiger partial charge on any atom is -0.414 e. The zero-order valence-corrected chi connectivity index (χ0v) is 20.7. The molecule has 0 N–H and O–H groups in total. The number of fused-ring (bicyclic) bond motifs is 2. The van der Waals surface area contributed by atoms with E-state index in [0.717, 1.165) is 13.0 Å². The third-order valence-corrected chi connectivity index (χ3v) is 17.3. The van der Waals surface area contributed by atoms with Gasteiger partial charge in [0.1, 0.15) is 25.7 Å². The highest BCUT2D eigenvalue weighted by Crippen LogP contribution is 2.51. The lowest BCUT2D eigenvalue weighted by Crippen LogP contribution is -2.69. The van der Waals surface area contributed by atoms with Crippen LogP contribution in [0.25, 0.3) is 0 Å². The van der Waals surface area contributed by atoms with E-state index in [1.807, 2.05) is 0 Å². The van der Waals surface area contributed by atoms with Gasteiger partial charge in [0, 0.05) is 6.42 Å². The van der Waals surface area contributed by atoms with Gasteiger partial charge in [-0.05, 0) is 22.2 Å². The Labute approximate surface area is 168 Å². The highest BCUT2D eigenvalue weighted by molar-refractivity contribution is 6.84. The third kappa shape index (κ3) is 3.23. The number of hydrogen-bond donors (Lipinski definition) is 0. The summed E-state index contributed by atoms with van der Waals surface area (Å²) >= 11 is 0. The average Bonchev–Trinajstić information content (AvgIpc) is 2.77. The first-order valence-corrected chi connectivity index (χ1v) is 14.8. The summed E-state index contributed by atoms with van der Waals surface area (Å²) in [6.07, 6.45) is 0.828. The lowest BCUT2D eigenvalue weighted by molar-refractivity contribution is -0.194. The van der Waals surface area contributed by atoms with Crippen LogP contribution in [0.4, 0.5) is 0 Å². The molecule has 0 amide bonds. The first-order chi connectivity index (χ1) is 12.5. The molecule has 156 valence electrons. The second-order valence-electron chi connectivity index (χ2n) is 9.88. The Balaban J connectivity index is 2.07. The monoisotopic (exact) mass is 414 g/mol. The Kier molecular flexibility index (Phi) is 6.13. The van der Waals surface area contributed by atoms with Crippen LogP contribution < -0.4 is 0 Å². The van der Waals surface area contributed by atoms with Crippen LogP contribution in [0.3, 0.4) is 0 Å². The second-order valence-corrected chi connectivity index (χ2v) is 18.7. The van der Waals surface area contributed by atoms with Crippen LogP contribution in [0.15, 0.2) is 0 Å². The molecule has 3 aliphatic heterocycles. The molecule has 8 heteroatoms. The summed E-state index contributed by atoms with van der Waals surface area (Å²) in [5.74, 6) is 0. The molecule has 3 heterocycles. The van der Waals surface area contributed by atoms with Gasteiger partial charge in [0.05, 0.1) is 19.2 Å². The molecule has 0 aromatic rings. The van der Waals surface area contributed by atoms with Gasteiger partial charge >= 0.3 is 17.1 Å². The van der Waals surface area contributed by atoms with Crippen molar-refractivity contribution >= 4 is 25.0 Å². The highest BCUT2D eigenvalue weighted by atomic mass is 28.5. The predicted octanol–water partition coefficient (Wildman–Crippen LogP) is 3.46. The van der Waals surface area contributed by atoms with Crippen LogP contribution in [-0.4, -0.2) is 62.0 Å². The summed E-state index contributed by atoms with van der Waals surface area (Å²) in [5, 5.41) is 0. The molecule has 0 aromatic carbocycles. The van der Waals surface area contributed by atoms with Gasteiger partial charge in [0.15, 0.2) is 0 Å². The Bertz CT molecular complexity index is 522. The van der Waals surface area contributed by atoms with E-state index in [1.165, 1.54) is 0 Å². The number of ether oxygens (including phenoxy) is 2. The van der Waals surface area contributed by atoms with E-state index in [4.69, 9.17) is 22.4 Å². The largest absolute Gasteiger partial charge is 0.414 e. The fraction of sp³-hybridized carbons (Fsp3) is 1.00. The SMILES string of the molecule is BC1OC2CO[Si](C(C)C)(C(C)C)O[Si](C(C)C)(C(C)C)O[C@H]2[C@]12CCO2. The van der Waals surface area contributed by atoms with Crippen LogP contribution in [0, 0.1) is 0 Å². The smallest absolute Gasteiger partial charge is 0.335 e. The molecular weight excluding hydrogens is 375 g/mol. The third-order valence-electron chi connectivity index (χ3n) is 7.07. The van der Waals surface area contributed by atoms with E-state index in [0.29, 0.717) is 28.8 Å². The van der Waals surface area contributed by atoms with Crippen LogP contribution >= 0.6 is 0 Å². The van der Waals surface area contributed by atoms with Crippen molar-refractivity contribution in [3.63, 3.8) is 0 Å². The summed E-state index contributed by atoms with van der Waals surface area (Å²) in [5.41, 5.74) is 1.05. The minimum atomic E-state index is -2.59. The molecule has 4 atom stereocenters. The van der Waals surface area contributed by atoms with Crippen LogP contribution in [0.5, 0.6) is 0 Å². The summed E-state index contributed by atoms with van der Waals surface area (Å²) in [6, 6.07) is 0.0307. The molecule has 0 saturated carbocycles. The van der Waals surface area contributed by atoms with Gasteiger partial charge in [0.25, 0.3) is 0 Å². The second kappa shape index (κ2) is 7.52. The van der Waals surface area contributed by atoms with Crippen LogP contribution in [0.1, 0.15) is 61.8 Å². The molecule has 3 fully saturated rings. The Morgan fingerprint density at radius 3 is 1.81 bits per heavy atom. The summed E-state index contributed by atoms with van der Waals surface area (Å²) in [6.45, 7) is 19.4. The van der Waals surface area contributed by atoms with Gasteiger partial charge in [-0.2, -0.15) is 0 Å². The Hall–Kier alpha value is 0.299. The van der Waals surface area contributed by atoms with Gasteiger partial charge in [-0.3, -0.25) is 0 Å². The lowest BCUT2D eigenvalue weighted by Gasteiger charge is -2.54. The molecule has 0 aromatic heterocycles. The van der Waals surface area contributed by atoms with Crippen LogP contribution in [-0.2, 0) is 22.4 Å². The van der Waals surface area contributed by atoms with Crippen molar-refractivity contribution < 1.29 is 22.4 Å². The van der Waals surface area contributed by atoms with Gasteiger partial charge in [0.2, 0.25) is 0 Å². The molecule has 5 nitrogen and oxygen atoms in total. The summed E-state index contributed by atoms with van der Waals surface area (Å²) in [4.78, 5) is 0. The van der Waals surface area contributed by atoms with Crippen LogP contribution in [0.2, 0.25) is 22.2 Å². The molecule has 3 saturated heterocycles. The summed E-state index contributed by atoms with van der Waals surface area (Å²) < 4.78 is 33.6. The average molecular weight is 415 g/mol. The van der Waals surface area contributed by atoms with Gasteiger partial charge < -0.3 is 22.4 Å². The predicted molar refractivity (Wildman–Crippen MR) is 114 cm³/mol. The maximum absolute atomic E-state index is 7.24. The molecule has 0 bridgehead atoms. The first-order valence-electron chi connectivity index (χ1n) is 10.8. The standard InChI is InChI=1S/C19H39BO5Si2/c1-12(2)26(13(3)4)22-11-16-17(19(9-10-21-19)18(20)23-16)24-27(25-26,14(5)6)15(7)8/h12-18H,9-11,20H2,1-8H3/t16?,17-,18?,19-/m1/s1. The van der Waals surface area contributed by atoms with Crippen molar-refractivity contribution in [3.8, 4) is 0 Å². The highest BCUT2D eigenvalue weighted by Gasteiger charge is 2.66. The topological polar surface area (TPSA) is 46.2 Å². The molecule has 1 spiro atoms. The molecule has 2 unspecified atom stereocenters. The van der Waals surface area contributed by atoms with Gasteiger partial charge in [-0.25, -0.2) is 0 Å². The fourth-order valence-corrected chi connectivity index (χ4v) is 16.5. The maximum atomic E-state index is 7.24. The maximum Gasteiger partial charge on any atom is 0.335 e. The van der Waals surface area contributed by atoms with Crippen molar-refractivity contribution in [3.05, 3.63) is 0 Å². The molecule has 3 aliphatic rings. The normalized spacial score (nSPS) is 38.3. The molecular formula is C19H39BO5Si2. The zero-order chi connectivity index (χ0) is 20.2. The molecule has 27 heavy (non-hydrogen) atoms. The Morgan fingerprint density at radius 2 is 1.41 bits per heavy atom. The van der Waals surface area contributed by atoms with Crippen molar-refractivity contribution in [2.45, 2.75) is 108 Å². The molecule has 0 radical (unpaired) electrons. The van der Waals surface area contributed by atoms with E-state index in [1.54, 1.807) is 0 Å². The van der Waals surface area contributed by atoms with Gasteiger partial charge in [-0.1, -0.05) is 55.4 Å². The number of hydrogen-bond acceptors (Lipinski definition) is 5. The summed E-state index contributed by atoms with van der Waals surface area (Å²) in [7, 11) is -2.95. The molecule has 3 rings (SSSR count). The molecule has 0 aliphatic carbocycles. The van der Waals surface area contributed by atoms with E-state index in [9.17, 15) is 0 Å². The minimum absolute atomic E-state index is 0.0307. The van der Waals surface area contributed by atoms with Crippen molar-refractivity contribution in [1.29, 1.82) is 0 Å². The zero-order valence-electron chi connectivity index (χ0n) is 18.7. The lowest BCUT2D eigenvalue weighted by atomic mass is 9.75. The van der Waals surface area contributed by atoms with E-state index in [2.05, 4.69) is 63.2 Å². The van der Waals surface area contributed by atoms with Gasteiger partial charge in [-0.15, -0.1) is 0 Å². The quantitative estimate of drug-likeness (QED) is 0.660. The van der Waals surface area contributed by atoms with E-state index < -0.39 is 17.1 Å².